The van der Waals surface area contributed by atoms with Crippen LogP contribution in [-0.4, -0.2) is 23.9 Å². The van der Waals surface area contributed by atoms with E-state index in [1.165, 1.54) is 12.8 Å². The molecule has 0 aromatic rings. The maximum absolute atomic E-state index is 11.5. The molecule has 1 fully saturated rings. The molecule has 0 saturated carbocycles. The lowest BCUT2D eigenvalue weighted by molar-refractivity contribution is -0.134. The molecule has 0 aromatic heterocycles. The molecule has 1 aliphatic heterocycles. The second-order valence-electron chi connectivity index (χ2n) is 3.91. The topological polar surface area (TPSA) is 44.1 Å². The Labute approximate surface area is 85.7 Å². The number of nitrogens with zero attached hydrogens (tertiary/aromatic N) is 2. The molecule has 0 aliphatic carbocycles. The first kappa shape index (κ1) is 11.0. The highest BCUT2D eigenvalue weighted by molar-refractivity contribution is 5.77. The van der Waals surface area contributed by atoms with Crippen LogP contribution >= 0.6 is 0 Å². The molecule has 3 heteroatoms. The van der Waals surface area contributed by atoms with Crippen LogP contribution in [0.25, 0.3) is 0 Å². The van der Waals surface area contributed by atoms with E-state index >= 15 is 0 Å². The summed E-state index contributed by atoms with van der Waals surface area (Å²) < 4.78 is 0. The monoisotopic (exact) mass is 194 g/mol. The number of carbonyl (C=O) groups excluding carboxylic acids is 1. The first-order chi connectivity index (χ1) is 6.77. The van der Waals surface area contributed by atoms with E-state index in [2.05, 4.69) is 13.0 Å². The van der Waals surface area contributed by atoms with Gasteiger partial charge in [-0.05, 0) is 12.8 Å². The summed E-state index contributed by atoms with van der Waals surface area (Å²) in [6, 6.07) is 2.17. The van der Waals surface area contributed by atoms with Gasteiger partial charge in [0.2, 0.25) is 5.91 Å². The molecular weight excluding hydrogens is 176 g/mol. The maximum atomic E-state index is 11.5. The molecule has 1 saturated heterocycles. The Kier molecular flexibility index (Phi) is 4.45. The van der Waals surface area contributed by atoms with Gasteiger partial charge in [-0.25, -0.2) is 0 Å². The Balaban J connectivity index is 2.28. The van der Waals surface area contributed by atoms with Crippen molar-refractivity contribution in [1.29, 1.82) is 5.26 Å². The van der Waals surface area contributed by atoms with Crippen LogP contribution in [0.1, 0.15) is 39.0 Å². The van der Waals surface area contributed by atoms with Crippen molar-refractivity contribution in [2.24, 2.45) is 5.92 Å². The summed E-state index contributed by atoms with van der Waals surface area (Å²) in [6.07, 6.45) is 4.75. The van der Waals surface area contributed by atoms with Gasteiger partial charge in [-0.2, -0.15) is 5.26 Å². The third-order valence-electron chi connectivity index (χ3n) is 2.74. The number of carbonyl (C=O) groups is 1. The molecule has 1 aliphatic rings. The molecule has 3 nitrogen and oxygen atoms in total. The summed E-state index contributed by atoms with van der Waals surface area (Å²) >= 11 is 0. The zero-order valence-corrected chi connectivity index (χ0v) is 8.83. The number of unbranched alkanes of at least 4 members (excludes halogenated alkanes) is 2. The zero-order chi connectivity index (χ0) is 10.4. The van der Waals surface area contributed by atoms with Crippen LogP contribution in [-0.2, 0) is 4.79 Å². The third kappa shape index (κ3) is 3.02. The fraction of sp³-hybridized carbons (Fsp3) is 0.818. The number of hydrogen-bond donors (Lipinski definition) is 0. The van der Waals surface area contributed by atoms with Crippen molar-refractivity contribution in [3.05, 3.63) is 0 Å². The van der Waals surface area contributed by atoms with Gasteiger partial charge in [0.25, 0.3) is 0 Å². The van der Waals surface area contributed by atoms with Crippen molar-refractivity contribution in [3.63, 3.8) is 0 Å². The van der Waals surface area contributed by atoms with Crippen LogP contribution in [0.15, 0.2) is 0 Å². The fourth-order valence-corrected chi connectivity index (χ4v) is 1.78. The summed E-state index contributed by atoms with van der Waals surface area (Å²) in [5.74, 6) is 0.129. The van der Waals surface area contributed by atoms with Crippen molar-refractivity contribution in [1.82, 2.24) is 4.90 Å². The summed E-state index contributed by atoms with van der Waals surface area (Å²) in [4.78, 5) is 13.4. The van der Waals surface area contributed by atoms with Crippen molar-refractivity contribution >= 4 is 5.91 Å². The van der Waals surface area contributed by atoms with Crippen molar-refractivity contribution in [2.45, 2.75) is 39.0 Å². The molecule has 0 spiro atoms. The van der Waals surface area contributed by atoms with Crippen LogP contribution < -0.4 is 0 Å². The molecule has 1 unspecified atom stereocenters. The van der Waals surface area contributed by atoms with Gasteiger partial charge in [-0.3, -0.25) is 4.79 Å². The van der Waals surface area contributed by atoms with Gasteiger partial charge >= 0.3 is 0 Å². The number of rotatable bonds is 4. The van der Waals surface area contributed by atoms with Gasteiger partial charge in [0.1, 0.15) is 0 Å². The Morgan fingerprint density at radius 3 is 2.93 bits per heavy atom. The average molecular weight is 194 g/mol. The Hall–Kier alpha value is -1.04. The van der Waals surface area contributed by atoms with Crippen molar-refractivity contribution in [3.8, 4) is 6.07 Å². The second-order valence-corrected chi connectivity index (χ2v) is 3.91. The highest BCUT2D eigenvalue weighted by Gasteiger charge is 2.24. The van der Waals surface area contributed by atoms with Crippen molar-refractivity contribution < 1.29 is 4.79 Å². The maximum Gasteiger partial charge on any atom is 0.223 e. The van der Waals surface area contributed by atoms with E-state index in [0.717, 1.165) is 25.9 Å². The molecule has 0 radical (unpaired) electrons. The lowest BCUT2D eigenvalue weighted by atomic mass is 9.98. The van der Waals surface area contributed by atoms with Gasteiger partial charge in [0.05, 0.1) is 12.0 Å². The number of piperidine rings is 1. The Morgan fingerprint density at radius 2 is 2.36 bits per heavy atom. The lowest BCUT2D eigenvalue weighted by Crippen LogP contribution is -2.39. The van der Waals surface area contributed by atoms with E-state index in [1.807, 2.05) is 4.90 Å². The van der Waals surface area contributed by atoms with Crippen LogP contribution in [0.4, 0.5) is 0 Å². The molecule has 14 heavy (non-hydrogen) atoms. The van der Waals surface area contributed by atoms with Crippen LogP contribution in [0.3, 0.4) is 0 Å². The standard InChI is InChI=1S/C11H18N2O/c1-2-3-4-6-13-7-5-10(9-12)8-11(13)14/h10H,2-8H2,1H3. The van der Waals surface area contributed by atoms with Crippen LogP contribution in [0.2, 0.25) is 0 Å². The lowest BCUT2D eigenvalue weighted by Gasteiger charge is -2.28. The zero-order valence-electron chi connectivity index (χ0n) is 8.83. The minimum absolute atomic E-state index is 0.0371. The number of amides is 1. The molecular formula is C11H18N2O. The number of likely N-dealkylation sites (tertiary alicyclic amines) is 1. The van der Waals surface area contributed by atoms with Crippen LogP contribution in [0, 0.1) is 17.2 Å². The average Bonchev–Trinajstić information content (AvgIpc) is 2.20. The van der Waals surface area contributed by atoms with Crippen LogP contribution in [0.5, 0.6) is 0 Å². The Morgan fingerprint density at radius 1 is 1.57 bits per heavy atom. The van der Waals surface area contributed by atoms with Gasteiger partial charge < -0.3 is 4.90 Å². The fourth-order valence-electron chi connectivity index (χ4n) is 1.78. The van der Waals surface area contributed by atoms with Gasteiger partial charge in [0.15, 0.2) is 0 Å². The predicted molar refractivity (Wildman–Crippen MR) is 54.4 cm³/mol. The van der Waals surface area contributed by atoms with Crippen molar-refractivity contribution in [2.75, 3.05) is 13.1 Å². The first-order valence-electron chi connectivity index (χ1n) is 5.45. The second kappa shape index (κ2) is 5.64. The minimum atomic E-state index is -0.0371. The predicted octanol–water partition coefficient (Wildman–Crippen LogP) is 1.94. The van der Waals surface area contributed by atoms with Gasteiger partial charge in [-0.15, -0.1) is 0 Å². The molecule has 1 amide bonds. The summed E-state index contributed by atoms with van der Waals surface area (Å²) in [7, 11) is 0. The summed E-state index contributed by atoms with van der Waals surface area (Å²) in [5, 5.41) is 8.69. The normalized spacial score (nSPS) is 22.1. The minimum Gasteiger partial charge on any atom is -0.343 e. The van der Waals surface area contributed by atoms with E-state index in [1.54, 1.807) is 0 Å². The Bertz CT molecular complexity index is 232. The highest BCUT2D eigenvalue weighted by atomic mass is 16.2. The molecule has 78 valence electrons. The van der Waals surface area contributed by atoms with Gasteiger partial charge in [0, 0.05) is 19.5 Å². The van der Waals surface area contributed by atoms with Gasteiger partial charge in [-0.1, -0.05) is 19.8 Å². The molecule has 0 aromatic carbocycles. The highest BCUT2D eigenvalue weighted by Crippen LogP contribution is 2.17. The smallest absolute Gasteiger partial charge is 0.223 e. The van der Waals surface area contributed by atoms with E-state index in [-0.39, 0.29) is 11.8 Å². The van der Waals surface area contributed by atoms with E-state index < -0.39 is 0 Å². The largest absolute Gasteiger partial charge is 0.343 e. The quantitative estimate of drug-likeness (QED) is 0.642. The molecule has 1 rings (SSSR count). The van der Waals surface area contributed by atoms with E-state index in [0.29, 0.717) is 6.42 Å². The third-order valence-corrected chi connectivity index (χ3v) is 2.74. The summed E-state index contributed by atoms with van der Waals surface area (Å²) in [5.41, 5.74) is 0. The van der Waals surface area contributed by atoms with E-state index in [4.69, 9.17) is 5.26 Å². The molecule has 0 N–H and O–H groups in total. The first-order valence-corrected chi connectivity index (χ1v) is 5.45. The molecule has 0 bridgehead atoms. The number of hydrogen-bond acceptors (Lipinski definition) is 2. The molecule has 1 atom stereocenters. The summed E-state index contributed by atoms with van der Waals surface area (Å²) in [6.45, 7) is 3.81. The number of nitriles is 1. The molecule has 1 heterocycles. The van der Waals surface area contributed by atoms with E-state index in [9.17, 15) is 4.79 Å². The SMILES string of the molecule is CCCCCN1CCC(C#N)CC1=O.